The number of aryl methyl sites for hydroxylation is 1. The summed E-state index contributed by atoms with van der Waals surface area (Å²) in [7, 11) is 0. The Morgan fingerprint density at radius 1 is 1.00 bits per heavy atom. The Balaban J connectivity index is 1.84. The number of hydrogen-bond donors (Lipinski definition) is 2. The number of nitrogens with zero attached hydrogens (tertiary/aromatic N) is 3. The summed E-state index contributed by atoms with van der Waals surface area (Å²) in [4.78, 5) is 13.3. The Kier molecular flexibility index (Phi) is 4.60. The molecule has 1 atom stereocenters. The van der Waals surface area contributed by atoms with Crippen molar-refractivity contribution in [2.45, 2.75) is 13.0 Å². The SMILES string of the molecule is Cc1ccc2ccc(C(Nc3ccc(Cl)cn3)c3ccccn3)c(O)c2n1. The molecule has 134 valence electrons. The lowest BCUT2D eigenvalue weighted by atomic mass is 9.99. The van der Waals surface area contributed by atoms with E-state index in [0.29, 0.717) is 21.9 Å². The zero-order valence-corrected chi connectivity index (χ0v) is 15.4. The normalized spacial score (nSPS) is 12.1. The monoisotopic (exact) mass is 376 g/mol. The van der Waals surface area contributed by atoms with E-state index >= 15 is 0 Å². The first-order valence-corrected chi connectivity index (χ1v) is 8.88. The number of aromatic nitrogens is 3. The van der Waals surface area contributed by atoms with Crippen molar-refractivity contribution in [3.8, 4) is 5.75 Å². The van der Waals surface area contributed by atoms with Gasteiger partial charge >= 0.3 is 0 Å². The summed E-state index contributed by atoms with van der Waals surface area (Å²) >= 11 is 5.94. The number of hydrogen-bond acceptors (Lipinski definition) is 5. The predicted molar refractivity (Wildman–Crippen MR) is 107 cm³/mol. The van der Waals surface area contributed by atoms with E-state index in [1.807, 2.05) is 49.4 Å². The second-order valence-corrected chi connectivity index (χ2v) is 6.66. The maximum atomic E-state index is 11.0. The molecular weight excluding hydrogens is 360 g/mol. The van der Waals surface area contributed by atoms with E-state index in [1.165, 1.54) is 0 Å². The van der Waals surface area contributed by atoms with Crippen molar-refractivity contribution in [1.82, 2.24) is 15.0 Å². The molecule has 0 spiro atoms. The van der Waals surface area contributed by atoms with Crippen molar-refractivity contribution in [3.63, 3.8) is 0 Å². The first-order valence-electron chi connectivity index (χ1n) is 8.50. The minimum atomic E-state index is -0.397. The Hall–Kier alpha value is -3.18. The Morgan fingerprint density at radius 2 is 1.85 bits per heavy atom. The first kappa shape index (κ1) is 17.2. The Bertz CT molecular complexity index is 1080. The molecule has 0 saturated heterocycles. The van der Waals surface area contributed by atoms with Crippen LogP contribution in [0.4, 0.5) is 5.82 Å². The molecule has 0 aliphatic rings. The summed E-state index contributed by atoms with van der Waals surface area (Å²) in [6.07, 6.45) is 3.30. The number of anilines is 1. The number of pyridine rings is 3. The van der Waals surface area contributed by atoms with Gasteiger partial charge in [-0.1, -0.05) is 35.9 Å². The smallest absolute Gasteiger partial charge is 0.147 e. The van der Waals surface area contributed by atoms with Crippen LogP contribution >= 0.6 is 11.6 Å². The van der Waals surface area contributed by atoms with Gasteiger partial charge in [0.05, 0.1) is 16.8 Å². The van der Waals surface area contributed by atoms with Crippen LogP contribution in [0.3, 0.4) is 0 Å². The second-order valence-electron chi connectivity index (χ2n) is 6.22. The maximum Gasteiger partial charge on any atom is 0.147 e. The zero-order chi connectivity index (χ0) is 18.8. The molecule has 0 saturated carbocycles. The summed E-state index contributed by atoms with van der Waals surface area (Å²) in [5.74, 6) is 0.764. The highest BCUT2D eigenvalue weighted by molar-refractivity contribution is 6.30. The highest BCUT2D eigenvalue weighted by Gasteiger charge is 2.21. The maximum absolute atomic E-state index is 11.0. The molecule has 5 nitrogen and oxygen atoms in total. The summed E-state index contributed by atoms with van der Waals surface area (Å²) in [6, 6.07) is 16.5. The lowest BCUT2D eigenvalue weighted by Crippen LogP contribution is -2.15. The number of benzene rings is 1. The van der Waals surface area contributed by atoms with Crippen LogP contribution in [0.25, 0.3) is 10.9 Å². The number of halogens is 1. The third kappa shape index (κ3) is 3.55. The van der Waals surface area contributed by atoms with E-state index in [-0.39, 0.29) is 5.75 Å². The summed E-state index contributed by atoms with van der Waals surface area (Å²) in [6.45, 7) is 1.90. The van der Waals surface area contributed by atoms with Gasteiger partial charge in [-0.3, -0.25) is 4.98 Å². The van der Waals surface area contributed by atoms with Gasteiger partial charge in [0.1, 0.15) is 17.1 Å². The van der Waals surface area contributed by atoms with E-state index < -0.39 is 6.04 Å². The lowest BCUT2D eigenvalue weighted by molar-refractivity contribution is 0.471. The van der Waals surface area contributed by atoms with Gasteiger partial charge in [0.2, 0.25) is 0 Å². The largest absolute Gasteiger partial charge is 0.505 e. The zero-order valence-electron chi connectivity index (χ0n) is 14.6. The van der Waals surface area contributed by atoms with Gasteiger partial charge in [-0.25, -0.2) is 9.97 Å². The first-order chi connectivity index (χ1) is 13.1. The fourth-order valence-electron chi connectivity index (χ4n) is 2.99. The number of phenolic OH excluding ortho intramolecular Hbond substituents is 1. The molecule has 4 aromatic rings. The van der Waals surface area contributed by atoms with E-state index in [1.54, 1.807) is 24.5 Å². The molecule has 0 aliphatic heterocycles. The molecule has 4 rings (SSSR count). The van der Waals surface area contributed by atoms with E-state index in [2.05, 4.69) is 20.3 Å². The molecule has 0 fully saturated rings. The molecule has 0 aliphatic carbocycles. The van der Waals surface area contributed by atoms with Crippen LogP contribution in [0.2, 0.25) is 5.02 Å². The van der Waals surface area contributed by atoms with Gasteiger partial charge in [-0.05, 0) is 37.3 Å². The number of rotatable bonds is 4. The highest BCUT2D eigenvalue weighted by Crippen LogP contribution is 2.35. The van der Waals surface area contributed by atoms with Crippen LogP contribution in [-0.4, -0.2) is 20.1 Å². The van der Waals surface area contributed by atoms with E-state index in [0.717, 1.165) is 16.8 Å². The average Bonchev–Trinajstić information content (AvgIpc) is 2.69. The minimum Gasteiger partial charge on any atom is -0.505 e. The summed E-state index contributed by atoms with van der Waals surface area (Å²) in [5, 5.41) is 15.7. The molecule has 3 aromatic heterocycles. The van der Waals surface area contributed by atoms with Crippen LogP contribution in [0, 0.1) is 6.92 Å². The van der Waals surface area contributed by atoms with Gasteiger partial charge in [-0.15, -0.1) is 0 Å². The predicted octanol–water partition coefficient (Wildman–Crippen LogP) is 4.89. The fraction of sp³-hybridized carbons (Fsp3) is 0.0952. The van der Waals surface area contributed by atoms with Crippen LogP contribution < -0.4 is 5.32 Å². The van der Waals surface area contributed by atoms with Crippen LogP contribution in [-0.2, 0) is 0 Å². The van der Waals surface area contributed by atoms with Crippen LogP contribution in [0.15, 0.2) is 67.0 Å². The van der Waals surface area contributed by atoms with Crippen molar-refractivity contribution in [3.05, 3.63) is 89.0 Å². The standard InChI is InChI=1S/C21H17ClN4O/c1-13-5-6-14-7-9-16(21(27)19(14)25-13)20(17-4-2-3-11-23-17)26-18-10-8-15(22)12-24-18/h2-12,20,27H,1H3,(H,24,26). The molecule has 1 unspecified atom stereocenters. The van der Waals surface area contributed by atoms with Crippen LogP contribution in [0.5, 0.6) is 5.75 Å². The van der Waals surface area contributed by atoms with Crippen molar-refractivity contribution in [2.75, 3.05) is 5.32 Å². The topological polar surface area (TPSA) is 70.9 Å². The summed E-state index contributed by atoms with van der Waals surface area (Å²) in [5.41, 5.74) is 2.85. The number of fused-ring (bicyclic) bond motifs is 1. The van der Waals surface area contributed by atoms with Gasteiger partial charge in [-0.2, -0.15) is 0 Å². The number of phenols is 1. The molecule has 0 amide bonds. The van der Waals surface area contributed by atoms with Crippen molar-refractivity contribution < 1.29 is 5.11 Å². The van der Waals surface area contributed by atoms with E-state index in [9.17, 15) is 5.11 Å². The van der Waals surface area contributed by atoms with Gasteiger partial charge in [0, 0.05) is 29.0 Å². The van der Waals surface area contributed by atoms with Crippen LogP contribution in [0.1, 0.15) is 23.0 Å². The third-order valence-corrected chi connectivity index (χ3v) is 4.54. The minimum absolute atomic E-state index is 0.133. The molecule has 2 N–H and O–H groups in total. The van der Waals surface area contributed by atoms with Crippen molar-refractivity contribution in [2.24, 2.45) is 0 Å². The number of aromatic hydroxyl groups is 1. The molecule has 3 heterocycles. The van der Waals surface area contributed by atoms with E-state index in [4.69, 9.17) is 11.6 Å². The Labute approximate surface area is 161 Å². The highest BCUT2D eigenvalue weighted by atomic mass is 35.5. The quantitative estimate of drug-likeness (QED) is 0.530. The fourth-order valence-corrected chi connectivity index (χ4v) is 3.10. The average molecular weight is 377 g/mol. The van der Waals surface area contributed by atoms with Crippen molar-refractivity contribution in [1.29, 1.82) is 0 Å². The molecule has 27 heavy (non-hydrogen) atoms. The van der Waals surface area contributed by atoms with Gasteiger partial charge in [0.15, 0.2) is 0 Å². The molecule has 0 radical (unpaired) electrons. The molecule has 0 bridgehead atoms. The lowest BCUT2D eigenvalue weighted by Gasteiger charge is -2.21. The second kappa shape index (κ2) is 7.21. The van der Waals surface area contributed by atoms with Gasteiger partial charge < -0.3 is 10.4 Å². The van der Waals surface area contributed by atoms with Crippen molar-refractivity contribution >= 4 is 28.3 Å². The Morgan fingerprint density at radius 3 is 2.59 bits per heavy atom. The van der Waals surface area contributed by atoms with Gasteiger partial charge in [0.25, 0.3) is 0 Å². The third-order valence-electron chi connectivity index (χ3n) is 4.32. The molecule has 1 aromatic carbocycles. The molecular formula is C21H17ClN4O. The number of nitrogens with one attached hydrogen (secondary N) is 1. The molecule has 6 heteroatoms. The summed E-state index contributed by atoms with van der Waals surface area (Å²) < 4.78 is 0.